The first-order chi connectivity index (χ1) is 10.2. The first-order valence-corrected chi connectivity index (χ1v) is 8.45. The molecule has 1 unspecified atom stereocenters. The van der Waals surface area contributed by atoms with Gasteiger partial charge in [0.15, 0.2) is 0 Å². The minimum atomic E-state index is -0.196. The van der Waals surface area contributed by atoms with Gasteiger partial charge in [0.2, 0.25) is 0 Å². The van der Waals surface area contributed by atoms with E-state index in [1.54, 1.807) is 0 Å². The highest BCUT2D eigenvalue weighted by molar-refractivity contribution is 6.18. The molecule has 0 saturated heterocycles. The summed E-state index contributed by atoms with van der Waals surface area (Å²) in [6.07, 6.45) is 7.02. The normalized spacial score (nSPS) is 12.0. The molecule has 0 radical (unpaired) electrons. The van der Waals surface area contributed by atoms with Crippen LogP contribution in [-0.4, -0.2) is 18.0 Å². The lowest BCUT2D eigenvalue weighted by molar-refractivity contribution is 0.249. The van der Waals surface area contributed by atoms with Crippen LogP contribution in [-0.2, 0) is 6.42 Å². The first-order valence-electron chi connectivity index (χ1n) is 7.92. The van der Waals surface area contributed by atoms with Gasteiger partial charge in [-0.1, -0.05) is 45.2 Å². The molecule has 3 nitrogen and oxygen atoms in total. The summed E-state index contributed by atoms with van der Waals surface area (Å²) in [5.74, 6) is 0.431. The van der Waals surface area contributed by atoms with E-state index >= 15 is 0 Å². The van der Waals surface area contributed by atoms with Crippen LogP contribution in [0.5, 0.6) is 0 Å². The fourth-order valence-corrected chi connectivity index (χ4v) is 2.41. The van der Waals surface area contributed by atoms with E-state index in [-0.39, 0.29) is 12.1 Å². The Morgan fingerprint density at radius 2 is 1.86 bits per heavy atom. The quantitative estimate of drug-likeness (QED) is 0.492. The van der Waals surface area contributed by atoms with E-state index in [2.05, 4.69) is 29.7 Å². The van der Waals surface area contributed by atoms with Crippen molar-refractivity contribution in [3.05, 3.63) is 29.8 Å². The van der Waals surface area contributed by atoms with Crippen molar-refractivity contribution in [2.24, 2.45) is 0 Å². The SMILES string of the molecule is CCCCCCc1ccc(NC(=O)NC(CC)CCl)cc1. The standard InChI is InChI=1S/C17H27ClN2O/c1-3-5-6-7-8-14-9-11-16(12-10-14)20-17(21)19-15(4-2)13-18/h9-12,15H,3-8,13H2,1-2H3,(H2,19,20,21). The molecule has 0 aromatic heterocycles. The highest BCUT2D eigenvalue weighted by Crippen LogP contribution is 2.13. The highest BCUT2D eigenvalue weighted by Gasteiger charge is 2.08. The van der Waals surface area contributed by atoms with Crippen molar-refractivity contribution in [1.82, 2.24) is 5.32 Å². The van der Waals surface area contributed by atoms with Gasteiger partial charge in [-0.25, -0.2) is 4.79 Å². The second-order valence-electron chi connectivity index (χ2n) is 5.37. The second-order valence-corrected chi connectivity index (χ2v) is 5.67. The van der Waals surface area contributed by atoms with Gasteiger partial charge in [-0.2, -0.15) is 0 Å². The number of unbranched alkanes of at least 4 members (excludes halogenated alkanes) is 3. The van der Waals surface area contributed by atoms with Gasteiger partial charge in [-0.15, -0.1) is 11.6 Å². The predicted molar refractivity (Wildman–Crippen MR) is 91.2 cm³/mol. The number of amides is 2. The van der Waals surface area contributed by atoms with Crippen molar-refractivity contribution >= 4 is 23.3 Å². The largest absolute Gasteiger partial charge is 0.334 e. The minimum absolute atomic E-state index is 0.0181. The van der Waals surface area contributed by atoms with Gasteiger partial charge in [0.25, 0.3) is 0 Å². The Morgan fingerprint density at radius 3 is 2.43 bits per heavy atom. The van der Waals surface area contributed by atoms with Gasteiger partial charge in [-0.3, -0.25) is 0 Å². The van der Waals surface area contributed by atoms with Crippen molar-refractivity contribution in [1.29, 1.82) is 0 Å². The van der Waals surface area contributed by atoms with E-state index in [9.17, 15) is 4.79 Å². The monoisotopic (exact) mass is 310 g/mol. The van der Waals surface area contributed by atoms with Gasteiger partial charge in [0, 0.05) is 17.6 Å². The summed E-state index contributed by atoms with van der Waals surface area (Å²) in [5, 5.41) is 5.68. The van der Waals surface area contributed by atoms with Crippen LogP contribution < -0.4 is 10.6 Å². The molecule has 1 atom stereocenters. The van der Waals surface area contributed by atoms with Crippen LogP contribution in [0.2, 0.25) is 0 Å². The zero-order chi connectivity index (χ0) is 15.5. The maximum absolute atomic E-state index is 11.8. The average molecular weight is 311 g/mol. The summed E-state index contributed by atoms with van der Waals surface area (Å²) >= 11 is 5.76. The molecule has 2 amide bonds. The first kappa shape index (κ1) is 17.8. The lowest BCUT2D eigenvalue weighted by atomic mass is 10.1. The fraction of sp³-hybridized carbons (Fsp3) is 0.588. The summed E-state index contributed by atoms with van der Waals surface area (Å²) in [7, 11) is 0. The summed E-state index contributed by atoms with van der Waals surface area (Å²) < 4.78 is 0. The zero-order valence-electron chi connectivity index (χ0n) is 13.1. The molecule has 0 bridgehead atoms. The molecule has 1 rings (SSSR count). The third-order valence-corrected chi connectivity index (χ3v) is 3.92. The number of carbonyl (C=O) groups is 1. The maximum atomic E-state index is 11.8. The lowest BCUT2D eigenvalue weighted by Gasteiger charge is -2.14. The molecule has 0 saturated carbocycles. The number of anilines is 1. The Balaban J connectivity index is 2.38. The molecule has 0 aliphatic rings. The smallest absolute Gasteiger partial charge is 0.319 e. The summed E-state index contributed by atoms with van der Waals surface area (Å²) in [6.45, 7) is 4.22. The zero-order valence-corrected chi connectivity index (χ0v) is 13.9. The number of hydrogen-bond donors (Lipinski definition) is 2. The van der Waals surface area contributed by atoms with Crippen molar-refractivity contribution in [2.45, 2.75) is 58.4 Å². The number of alkyl halides is 1. The molecule has 2 N–H and O–H groups in total. The van der Waals surface area contributed by atoms with E-state index in [1.807, 2.05) is 19.1 Å². The van der Waals surface area contributed by atoms with Crippen molar-refractivity contribution < 1.29 is 4.79 Å². The van der Waals surface area contributed by atoms with Crippen LogP contribution in [0.1, 0.15) is 51.5 Å². The molecule has 0 aliphatic heterocycles. The second kappa shape index (κ2) is 10.5. The number of benzene rings is 1. The number of halogens is 1. The van der Waals surface area contributed by atoms with E-state index in [4.69, 9.17) is 11.6 Å². The molecule has 118 valence electrons. The van der Waals surface area contributed by atoms with Gasteiger partial charge < -0.3 is 10.6 Å². The molecule has 21 heavy (non-hydrogen) atoms. The number of urea groups is 1. The van der Waals surface area contributed by atoms with Crippen LogP contribution in [0.15, 0.2) is 24.3 Å². The predicted octanol–water partition coefficient (Wildman–Crippen LogP) is 4.95. The van der Waals surface area contributed by atoms with Crippen molar-refractivity contribution in [3.8, 4) is 0 Å². The van der Waals surface area contributed by atoms with E-state index in [0.29, 0.717) is 5.88 Å². The summed E-state index contributed by atoms with van der Waals surface area (Å²) in [6, 6.07) is 7.90. The number of aryl methyl sites for hydroxylation is 1. The van der Waals surface area contributed by atoms with Gasteiger partial charge in [0.05, 0.1) is 0 Å². The average Bonchev–Trinajstić information content (AvgIpc) is 2.51. The van der Waals surface area contributed by atoms with Gasteiger partial charge in [0.1, 0.15) is 0 Å². The van der Waals surface area contributed by atoms with Crippen LogP contribution in [0.4, 0.5) is 10.5 Å². The van der Waals surface area contributed by atoms with Crippen molar-refractivity contribution in [2.75, 3.05) is 11.2 Å². The third kappa shape index (κ3) is 7.37. The van der Waals surface area contributed by atoms with E-state index in [1.165, 1.54) is 31.2 Å². The molecule has 4 heteroatoms. The number of carbonyl (C=O) groups excluding carboxylic acids is 1. The Bertz CT molecular complexity index is 402. The topological polar surface area (TPSA) is 41.1 Å². The lowest BCUT2D eigenvalue weighted by Crippen LogP contribution is -2.38. The van der Waals surface area contributed by atoms with Gasteiger partial charge >= 0.3 is 6.03 Å². The van der Waals surface area contributed by atoms with Crippen molar-refractivity contribution in [3.63, 3.8) is 0 Å². The Morgan fingerprint density at radius 1 is 1.14 bits per heavy atom. The third-order valence-electron chi connectivity index (χ3n) is 3.55. The van der Waals surface area contributed by atoms with Crippen LogP contribution in [0.25, 0.3) is 0 Å². The number of nitrogens with one attached hydrogen (secondary N) is 2. The molecule has 1 aromatic carbocycles. The van der Waals surface area contributed by atoms with Gasteiger partial charge in [-0.05, 0) is 37.0 Å². The van der Waals surface area contributed by atoms with Crippen LogP contribution in [0, 0.1) is 0 Å². The fourth-order valence-electron chi connectivity index (χ4n) is 2.11. The molecule has 0 spiro atoms. The molecular formula is C17H27ClN2O. The van der Waals surface area contributed by atoms with Crippen LogP contribution in [0.3, 0.4) is 0 Å². The van der Waals surface area contributed by atoms with E-state index < -0.39 is 0 Å². The summed E-state index contributed by atoms with van der Waals surface area (Å²) in [5.41, 5.74) is 2.14. The number of rotatable bonds is 9. The maximum Gasteiger partial charge on any atom is 0.319 e. The van der Waals surface area contributed by atoms with E-state index in [0.717, 1.165) is 18.5 Å². The molecule has 0 heterocycles. The Kier molecular flexibility index (Phi) is 8.91. The molecule has 1 aromatic rings. The Labute approximate surface area is 133 Å². The molecular weight excluding hydrogens is 284 g/mol. The summed E-state index contributed by atoms with van der Waals surface area (Å²) in [4.78, 5) is 11.8. The molecule has 0 aliphatic carbocycles. The number of hydrogen-bond acceptors (Lipinski definition) is 1. The molecule has 0 fully saturated rings. The van der Waals surface area contributed by atoms with Crippen LogP contribution >= 0.6 is 11.6 Å². The minimum Gasteiger partial charge on any atom is -0.334 e. The Hall–Kier alpha value is -1.22. The highest BCUT2D eigenvalue weighted by atomic mass is 35.5.